The second kappa shape index (κ2) is 14.0. The summed E-state index contributed by atoms with van der Waals surface area (Å²) in [5.41, 5.74) is 3.97. The Morgan fingerprint density at radius 1 is 0.944 bits per heavy atom. The van der Waals surface area contributed by atoms with Crippen LogP contribution in [-0.4, -0.2) is 37.1 Å². The van der Waals surface area contributed by atoms with Crippen molar-refractivity contribution in [1.82, 2.24) is 10.7 Å². The predicted octanol–water partition coefficient (Wildman–Crippen LogP) is 4.57. The number of hydrogen-bond donors (Lipinski definition) is 2. The van der Waals surface area contributed by atoms with Crippen molar-refractivity contribution in [1.29, 1.82) is 0 Å². The standard InChI is InChI=1S/C27H26IN3O5/c1-2-3-16-35-21-14-10-20(11-15-21)26(33)29-18-25(32)31-30-17-19-8-12-22(13-9-19)36-27(34)23-6-4-5-7-24(23)28/h4-15,17H,2-3,16,18H2,1H3,(H,29,33)(H,31,32)/b30-17+. The minimum absolute atomic E-state index is 0.224. The summed E-state index contributed by atoms with van der Waals surface area (Å²) in [5.74, 6) is -0.188. The molecular weight excluding hydrogens is 573 g/mol. The van der Waals surface area contributed by atoms with Crippen LogP contribution in [0.3, 0.4) is 0 Å². The number of amides is 2. The molecule has 0 aliphatic carbocycles. The SMILES string of the molecule is CCCCOc1ccc(C(=O)NCC(=O)N/N=C/c2ccc(OC(=O)c3ccccc3I)cc2)cc1. The minimum atomic E-state index is -0.470. The molecule has 3 aromatic rings. The van der Waals surface area contributed by atoms with Gasteiger partial charge in [-0.3, -0.25) is 9.59 Å². The van der Waals surface area contributed by atoms with Crippen LogP contribution in [0.4, 0.5) is 0 Å². The molecule has 0 saturated carbocycles. The molecule has 9 heteroatoms. The van der Waals surface area contributed by atoms with Gasteiger partial charge in [-0.05, 0) is 95.2 Å². The fraction of sp³-hybridized carbons (Fsp3) is 0.185. The molecule has 0 aromatic heterocycles. The number of benzene rings is 3. The zero-order chi connectivity index (χ0) is 25.8. The van der Waals surface area contributed by atoms with E-state index in [2.05, 4.69) is 45.4 Å². The van der Waals surface area contributed by atoms with Gasteiger partial charge in [-0.15, -0.1) is 0 Å². The molecule has 0 heterocycles. The molecular formula is C27H26IN3O5. The smallest absolute Gasteiger partial charge is 0.344 e. The number of carbonyl (C=O) groups excluding carboxylic acids is 3. The minimum Gasteiger partial charge on any atom is -0.494 e. The normalized spacial score (nSPS) is 10.6. The average Bonchev–Trinajstić information content (AvgIpc) is 2.89. The third-order valence-corrected chi connectivity index (χ3v) is 5.82. The van der Waals surface area contributed by atoms with Crippen molar-refractivity contribution in [3.05, 3.63) is 93.1 Å². The predicted molar refractivity (Wildman–Crippen MR) is 145 cm³/mol. The third-order valence-electron chi connectivity index (χ3n) is 4.88. The molecule has 0 atom stereocenters. The lowest BCUT2D eigenvalue weighted by Crippen LogP contribution is -2.34. The van der Waals surface area contributed by atoms with E-state index < -0.39 is 11.9 Å². The summed E-state index contributed by atoms with van der Waals surface area (Å²) in [4.78, 5) is 36.5. The van der Waals surface area contributed by atoms with Gasteiger partial charge in [0.15, 0.2) is 0 Å². The van der Waals surface area contributed by atoms with Gasteiger partial charge in [0.25, 0.3) is 11.8 Å². The first kappa shape index (κ1) is 26.9. The maximum Gasteiger partial charge on any atom is 0.344 e. The van der Waals surface area contributed by atoms with Crippen LogP contribution in [0.25, 0.3) is 0 Å². The van der Waals surface area contributed by atoms with Gasteiger partial charge in [0, 0.05) is 9.13 Å². The first-order valence-electron chi connectivity index (χ1n) is 11.4. The Balaban J connectivity index is 1.41. The number of rotatable bonds is 11. The molecule has 186 valence electrons. The number of esters is 1. The summed E-state index contributed by atoms with van der Waals surface area (Å²) in [5, 5.41) is 6.44. The second-order valence-electron chi connectivity index (χ2n) is 7.64. The molecule has 0 bridgehead atoms. The maximum absolute atomic E-state index is 12.3. The topological polar surface area (TPSA) is 106 Å². The van der Waals surface area contributed by atoms with Gasteiger partial charge in [0.1, 0.15) is 11.5 Å². The van der Waals surface area contributed by atoms with Gasteiger partial charge in [0.05, 0.1) is 24.9 Å². The lowest BCUT2D eigenvalue weighted by Gasteiger charge is -2.07. The van der Waals surface area contributed by atoms with Crippen LogP contribution in [0, 0.1) is 3.57 Å². The van der Waals surface area contributed by atoms with Gasteiger partial charge in [-0.25, -0.2) is 10.2 Å². The van der Waals surface area contributed by atoms with Crippen molar-refractivity contribution in [2.75, 3.05) is 13.2 Å². The van der Waals surface area contributed by atoms with Crippen molar-refractivity contribution in [2.24, 2.45) is 5.10 Å². The van der Waals surface area contributed by atoms with Gasteiger partial charge in [-0.1, -0.05) is 25.5 Å². The highest BCUT2D eigenvalue weighted by molar-refractivity contribution is 14.1. The number of carbonyl (C=O) groups is 3. The van der Waals surface area contributed by atoms with E-state index >= 15 is 0 Å². The lowest BCUT2D eigenvalue weighted by atomic mass is 10.2. The molecule has 2 amide bonds. The molecule has 2 N–H and O–H groups in total. The van der Waals surface area contributed by atoms with Crippen LogP contribution in [-0.2, 0) is 4.79 Å². The first-order valence-corrected chi connectivity index (χ1v) is 12.4. The number of hydrazone groups is 1. The lowest BCUT2D eigenvalue weighted by molar-refractivity contribution is -0.120. The Labute approximate surface area is 223 Å². The van der Waals surface area contributed by atoms with Crippen LogP contribution in [0.5, 0.6) is 11.5 Å². The van der Waals surface area contributed by atoms with Crippen LogP contribution < -0.4 is 20.2 Å². The number of hydrogen-bond acceptors (Lipinski definition) is 6. The molecule has 0 spiro atoms. The maximum atomic E-state index is 12.3. The molecule has 0 fully saturated rings. The fourth-order valence-corrected chi connectivity index (χ4v) is 3.54. The Bertz CT molecular complexity index is 1210. The highest BCUT2D eigenvalue weighted by Gasteiger charge is 2.12. The summed E-state index contributed by atoms with van der Waals surface area (Å²) in [6.45, 7) is 2.50. The summed E-state index contributed by atoms with van der Waals surface area (Å²) < 4.78 is 11.8. The second-order valence-corrected chi connectivity index (χ2v) is 8.80. The number of halogens is 1. The molecule has 8 nitrogen and oxygen atoms in total. The van der Waals surface area contributed by atoms with Gasteiger partial charge < -0.3 is 14.8 Å². The quantitative estimate of drug-likeness (QED) is 0.0840. The van der Waals surface area contributed by atoms with Crippen LogP contribution in [0.1, 0.15) is 46.0 Å². The highest BCUT2D eigenvalue weighted by Crippen LogP contribution is 2.17. The van der Waals surface area contributed by atoms with E-state index in [0.717, 1.165) is 16.4 Å². The number of nitrogens with one attached hydrogen (secondary N) is 2. The molecule has 0 aliphatic rings. The van der Waals surface area contributed by atoms with E-state index in [1.54, 1.807) is 60.7 Å². The average molecular weight is 599 g/mol. The van der Waals surface area contributed by atoms with Crippen LogP contribution >= 0.6 is 22.6 Å². The monoisotopic (exact) mass is 599 g/mol. The molecule has 0 saturated heterocycles. The van der Waals surface area contributed by atoms with Crippen LogP contribution in [0.15, 0.2) is 77.9 Å². The highest BCUT2D eigenvalue weighted by atomic mass is 127. The van der Waals surface area contributed by atoms with Crippen molar-refractivity contribution in [3.8, 4) is 11.5 Å². The molecule has 36 heavy (non-hydrogen) atoms. The molecule has 0 unspecified atom stereocenters. The molecule has 3 rings (SSSR count). The molecule has 0 aliphatic heterocycles. The van der Waals surface area contributed by atoms with Crippen molar-refractivity contribution in [2.45, 2.75) is 19.8 Å². The van der Waals surface area contributed by atoms with E-state index in [1.807, 2.05) is 12.1 Å². The largest absolute Gasteiger partial charge is 0.494 e. The van der Waals surface area contributed by atoms with Gasteiger partial charge in [-0.2, -0.15) is 5.10 Å². The molecule has 0 radical (unpaired) electrons. The van der Waals surface area contributed by atoms with Crippen LogP contribution in [0.2, 0.25) is 0 Å². The van der Waals surface area contributed by atoms with Gasteiger partial charge >= 0.3 is 5.97 Å². The number of unbranched alkanes of at least 4 members (excludes halogenated alkanes) is 1. The van der Waals surface area contributed by atoms with E-state index in [4.69, 9.17) is 9.47 Å². The van der Waals surface area contributed by atoms with Crippen molar-refractivity contribution in [3.63, 3.8) is 0 Å². The summed E-state index contributed by atoms with van der Waals surface area (Å²) >= 11 is 2.08. The summed E-state index contributed by atoms with van der Waals surface area (Å²) in [6, 6.07) is 20.6. The van der Waals surface area contributed by atoms with Crippen molar-refractivity contribution >= 4 is 46.6 Å². The Morgan fingerprint density at radius 2 is 1.64 bits per heavy atom. The van der Waals surface area contributed by atoms with E-state index in [-0.39, 0.29) is 12.5 Å². The van der Waals surface area contributed by atoms with E-state index in [0.29, 0.717) is 34.8 Å². The van der Waals surface area contributed by atoms with E-state index in [1.165, 1.54) is 6.21 Å². The fourth-order valence-electron chi connectivity index (χ4n) is 2.93. The third kappa shape index (κ3) is 8.49. The summed E-state index contributed by atoms with van der Waals surface area (Å²) in [7, 11) is 0. The Kier molecular flexibility index (Phi) is 10.4. The molecule has 3 aromatic carbocycles. The zero-order valence-corrected chi connectivity index (χ0v) is 21.9. The first-order chi connectivity index (χ1) is 17.5. The van der Waals surface area contributed by atoms with E-state index in [9.17, 15) is 14.4 Å². The Morgan fingerprint density at radius 3 is 2.33 bits per heavy atom. The number of ether oxygens (including phenoxy) is 2. The van der Waals surface area contributed by atoms with Gasteiger partial charge in [0.2, 0.25) is 0 Å². The number of nitrogens with zero attached hydrogens (tertiary/aromatic N) is 1. The summed E-state index contributed by atoms with van der Waals surface area (Å²) in [6.07, 6.45) is 3.46. The Hall–Kier alpha value is -3.73. The van der Waals surface area contributed by atoms with Crippen molar-refractivity contribution < 1.29 is 23.9 Å². The zero-order valence-electron chi connectivity index (χ0n) is 19.7.